The summed E-state index contributed by atoms with van der Waals surface area (Å²) in [6, 6.07) is 0.482. The number of nitrogens with one attached hydrogen (secondary N) is 2. The lowest BCUT2D eigenvalue weighted by molar-refractivity contribution is 0.441. The van der Waals surface area contributed by atoms with Crippen molar-refractivity contribution in [2.45, 2.75) is 37.6 Å². The third-order valence-electron chi connectivity index (χ3n) is 4.19. The Morgan fingerprint density at radius 2 is 2.06 bits per heavy atom. The van der Waals surface area contributed by atoms with Gasteiger partial charge in [0.15, 0.2) is 0 Å². The average Bonchev–Trinajstić information content (AvgIpc) is 2.99. The van der Waals surface area contributed by atoms with Crippen LogP contribution in [-0.2, 0) is 7.05 Å². The second-order valence-electron chi connectivity index (χ2n) is 5.27. The van der Waals surface area contributed by atoms with Gasteiger partial charge in [-0.15, -0.1) is 0 Å². The van der Waals surface area contributed by atoms with Crippen LogP contribution in [0.5, 0.6) is 0 Å². The molecule has 4 nitrogen and oxygen atoms in total. The summed E-state index contributed by atoms with van der Waals surface area (Å²) in [6.07, 6.45) is 7.11. The summed E-state index contributed by atoms with van der Waals surface area (Å²) in [4.78, 5) is 4.65. The van der Waals surface area contributed by atoms with Crippen molar-refractivity contribution in [3.05, 3.63) is 17.7 Å². The van der Waals surface area contributed by atoms with Crippen LogP contribution in [0.25, 0.3) is 0 Å². The molecular weight excluding hydrogens is 212 g/mol. The van der Waals surface area contributed by atoms with E-state index in [2.05, 4.69) is 33.4 Å². The lowest BCUT2D eigenvalue weighted by Gasteiger charge is -2.23. The second kappa shape index (κ2) is 4.78. The first-order valence-electron chi connectivity index (χ1n) is 6.82. The Labute approximate surface area is 103 Å². The molecule has 2 aliphatic rings. The number of hydrogen-bond acceptors (Lipinski definition) is 3. The molecule has 0 aromatic carbocycles. The van der Waals surface area contributed by atoms with E-state index in [1.165, 1.54) is 37.2 Å². The van der Waals surface area contributed by atoms with Crippen molar-refractivity contribution >= 4 is 0 Å². The zero-order chi connectivity index (χ0) is 11.7. The van der Waals surface area contributed by atoms with Crippen molar-refractivity contribution in [3.8, 4) is 0 Å². The highest BCUT2D eigenvalue weighted by atomic mass is 15.1. The Kier molecular flexibility index (Phi) is 3.16. The smallest absolute Gasteiger partial charge is 0.125 e. The van der Waals surface area contributed by atoms with Crippen LogP contribution in [0.3, 0.4) is 0 Å². The minimum atomic E-state index is 0.482. The fraction of sp³-hybridized carbons (Fsp3) is 0.769. The van der Waals surface area contributed by atoms with Gasteiger partial charge >= 0.3 is 0 Å². The summed E-state index contributed by atoms with van der Waals surface area (Å²) in [5.74, 6) is 1.93. The van der Waals surface area contributed by atoms with Gasteiger partial charge in [0.25, 0.3) is 0 Å². The van der Waals surface area contributed by atoms with E-state index in [1.54, 1.807) is 0 Å². The van der Waals surface area contributed by atoms with Crippen molar-refractivity contribution in [3.63, 3.8) is 0 Å². The molecule has 0 aliphatic carbocycles. The van der Waals surface area contributed by atoms with Crippen LogP contribution in [-0.4, -0.2) is 29.2 Å². The van der Waals surface area contributed by atoms with Gasteiger partial charge in [0, 0.05) is 24.9 Å². The molecular formula is C13H22N4. The van der Waals surface area contributed by atoms with E-state index < -0.39 is 0 Å². The van der Waals surface area contributed by atoms with Gasteiger partial charge in [-0.25, -0.2) is 4.98 Å². The maximum atomic E-state index is 4.65. The summed E-state index contributed by atoms with van der Waals surface area (Å²) in [5, 5.41) is 6.96. The van der Waals surface area contributed by atoms with Crippen molar-refractivity contribution in [2.75, 3.05) is 19.6 Å². The molecule has 0 radical (unpaired) electrons. The second-order valence-corrected chi connectivity index (χ2v) is 5.27. The fourth-order valence-electron chi connectivity index (χ4n) is 3.16. The molecule has 4 heteroatoms. The molecule has 1 aromatic rings. The van der Waals surface area contributed by atoms with Crippen LogP contribution in [0.2, 0.25) is 0 Å². The van der Waals surface area contributed by atoms with Gasteiger partial charge < -0.3 is 15.2 Å². The zero-order valence-corrected chi connectivity index (χ0v) is 10.6. The summed E-state index contributed by atoms with van der Waals surface area (Å²) >= 11 is 0. The first-order chi connectivity index (χ1) is 8.36. The standard InChI is InChI=1S/C13H22N4/c1-17-12(10-4-7-14-8-5-10)9-16-13(17)11-3-2-6-15-11/h9-11,14-15H,2-8H2,1H3. The Hall–Kier alpha value is -0.870. The van der Waals surface area contributed by atoms with Gasteiger partial charge in [0.2, 0.25) is 0 Å². The molecule has 94 valence electrons. The average molecular weight is 234 g/mol. The highest BCUT2D eigenvalue weighted by Gasteiger charge is 2.24. The SMILES string of the molecule is Cn1c(C2CCNCC2)cnc1C1CCCN1. The van der Waals surface area contributed by atoms with Crippen LogP contribution in [0, 0.1) is 0 Å². The van der Waals surface area contributed by atoms with Crippen molar-refractivity contribution < 1.29 is 0 Å². The number of nitrogens with zero attached hydrogens (tertiary/aromatic N) is 2. The molecule has 2 saturated heterocycles. The third-order valence-corrected chi connectivity index (χ3v) is 4.19. The van der Waals surface area contributed by atoms with Crippen LogP contribution < -0.4 is 10.6 Å². The highest BCUT2D eigenvalue weighted by Crippen LogP contribution is 2.28. The minimum Gasteiger partial charge on any atom is -0.334 e. The Bertz CT molecular complexity index is 373. The minimum absolute atomic E-state index is 0.482. The monoisotopic (exact) mass is 234 g/mol. The van der Waals surface area contributed by atoms with E-state index in [4.69, 9.17) is 0 Å². The first-order valence-corrected chi connectivity index (χ1v) is 6.82. The molecule has 3 heterocycles. The summed E-state index contributed by atoms with van der Waals surface area (Å²) in [6.45, 7) is 3.43. The lowest BCUT2D eigenvalue weighted by atomic mass is 9.95. The molecule has 2 fully saturated rings. The van der Waals surface area contributed by atoms with E-state index in [-0.39, 0.29) is 0 Å². The van der Waals surface area contributed by atoms with Gasteiger partial charge in [0.1, 0.15) is 5.82 Å². The third kappa shape index (κ3) is 2.11. The molecule has 17 heavy (non-hydrogen) atoms. The maximum Gasteiger partial charge on any atom is 0.125 e. The zero-order valence-electron chi connectivity index (χ0n) is 10.6. The molecule has 0 amide bonds. The molecule has 0 bridgehead atoms. The number of imidazole rings is 1. The topological polar surface area (TPSA) is 41.9 Å². The normalized spacial score (nSPS) is 26.5. The van der Waals surface area contributed by atoms with Gasteiger partial charge in [-0.2, -0.15) is 0 Å². The Morgan fingerprint density at radius 1 is 1.24 bits per heavy atom. The molecule has 2 N–H and O–H groups in total. The molecule has 1 unspecified atom stereocenters. The predicted molar refractivity (Wildman–Crippen MR) is 68.0 cm³/mol. The van der Waals surface area contributed by atoms with Gasteiger partial charge in [-0.3, -0.25) is 0 Å². The molecule has 1 atom stereocenters. The van der Waals surface area contributed by atoms with Gasteiger partial charge in [-0.05, 0) is 45.3 Å². The summed E-state index contributed by atoms with van der Waals surface area (Å²) in [7, 11) is 2.18. The quantitative estimate of drug-likeness (QED) is 0.811. The molecule has 3 rings (SSSR count). The summed E-state index contributed by atoms with van der Waals surface area (Å²) in [5.41, 5.74) is 1.43. The lowest BCUT2D eigenvalue weighted by Crippen LogP contribution is -2.27. The highest BCUT2D eigenvalue weighted by molar-refractivity contribution is 5.14. The van der Waals surface area contributed by atoms with E-state index in [0.29, 0.717) is 12.0 Å². The Morgan fingerprint density at radius 3 is 2.76 bits per heavy atom. The maximum absolute atomic E-state index is 4.65. The van der Waals surface area contributed by atoms with E-state index >= 15 is 0 Å². The van der Waals surface area contributed by atoms with Gasteiger partial charge in [-0.1, -0.05) is 0 Å². The van der Waals surface area contributed by atoms with Crippen molar-refractivity contribution in [2.24, 2.45) is 7.05 Å². The summed E-state index contributed by atoms with van der Waals surface area (Å²) < 4.78 is 2.33. The van der Waals surface area contributed by atoms with E-state index in [0.717, 1.165) is 19.6 Å². The van der Waals surface area contributed by atoms with Crippen LogP contribution in [0.4, 0.5) is 0 Å². The number of aromatic nitrogens is 2. The predicted octanol–water partition coefficient (Wildman–Crippen LogP) is 1.31. The van der Waals surface area contributed by atoms with Crippen LogP contribution in [0.15, 0.2) is 6.20 Å². The van der Waals surface area contributed by atoms with E-state index in [1.807, 2.05) is 0 Å². The first kappa shape index (κ1) is 11.2. The number of hydrogen-bond donors (Lipinski definition) is 2. The van der Waals surface area contributed by atoms with Crippen LogP contribution in [0.1, 0.15) is 49.2 Å². The number of rotatable bonds is 2. The molecule has 0 saturated carbocycles. The molecule has 2 aliphatic heterocycles. The van der Waals surface area contributed by atoms with Crippen molar-refractivity contribution in [1.82, 2.24) is 20.2 Å². The van der Waals surface area contributed by atoms with Crippen LogP contribution >= 0.6 is 0 Å². The fourth-order valence-corrected chi connectivity index (χ4v) is 3.16. The largest absolute Gasteiger partial charge is 0.334 e. The molecule has 1 aromatic heterocycles. The molecule has 0 spiro atoms. The van der Waals surface area contributed by atoms with Crippen molar-refractivity contribution in [1.29, 1.82) is 0 Å². The van der Waals surface area contributed by atoms with E-state index in [9.17, 15) is 0 Å². The van der Waals surface area contributed by atoms with Gasteiger partial charge in [0.05, 0.1) is 6.04 Å². The Balaban J connectivity index is 1.80. The number of piperidine rings is 1.